The Morgan fingerprint density at radius 3 is 2.30 bits per heavy atom. The van der Waals surface area contributed by atoms with Crippen LogP contribution in [-0.4, -0.2) is 43.0 Å². The van der Waals surface area contributed by atoms with Crippen molar-refractivity contribution in [3.05, 3.63) is 34.9 Å². The van der Waals surface area contributed by atoms with Gasteiger partial charge in [-0.2, -0.15) is 0 Å². The molecule has 0 aromatic heterocycles. The van der Waals surface area contributed by atoms with Crippen molar-refractivity contribution in [2.45, 2.75) is 33.2 Å². The molecule has 0 aliphatic carbocycles. The van der Waals surface area contributed by atoms with Gasteiger partial charge in [0.15, 0.2) is 6.61 Å². The predicted molar refractivity (Wildman–Crippen MR) is 100 cm³/mol. The Morgan fingerprint density at radius 1 is 1.11 bits per heavy atom. The monoisotopic (exact) mass is 397 g/mol. The molecule has 4 amide bonds. The summed E-state index contributed by atoms with van der Waals surface area (Å²) in [6.07, 6.45) is 0.329. The molecule has 9 heteroatoms. The SMILES string of the molecule is CCNC(=O)NC(=O)COC(=O)[C@@H](CC(C)C)NC(=O)c1ccc(Cl)cc1. The maximum absolute atomic E-state index is 12.3. The summed E-state index contributed by atoms with van der Waals surface area (Å²) in [6.45, 7) is 5.20. The minimum absolute atomic E-state index is 0.0947. The number of ether oxygens (including phenoxy) is 1. The number of nitrogens with one attached hydrogen (secondary N) is 3. The molecule has 0 heterocycles. The van der Waals surface area contributed by atoms with Gasteiger partial charge in [-0.15, -0.1) is 0 Å². The van der Waals surface area contributed by atoms with E-state index < -0.39 is 36.5 Å². The fourth-order valence-corrected chi connectivity index (χ4v) is 2.26. The van der Waals surface area contributed by atoms with Gasteiger partial charge in [-0.05, 0) is 43.5 Å². The maximum atomic E-state index is 12.3. The number of hydrogen-bond donors (Lipinski definition) is 3. The van der Waals surface area contributed by atoms with Crippen LogP contribution in [0.15, 0.2) is 24.3 Å². The minimum Gasteiger partial charge on any atom is -0.454 e. The lowest BCUT2D eigenvalue weighted by Crippen LogP contribution is -2.45. The number of carbonyl (C=O) groups is 4. The van der Waals surface area contributed by atoms with Crippen LogP contribution in [0.4, 0.5) is 4.79 Å². The Kier molecular flexibility index (Phi) is 9.29. The van der Waals surface area contributed by atoms with Gasteiger partial charge in [0.1, 0.15) is 6.04 Å². The number of carbonyl (C=O) groups excluding carboxylic acids is 4. The van der Waals surface area contributed by atoms with Gasteiger partial charge in [0, 0.05) is 17.1 Å². The largest absolute Gasteiger partial charge is 0.454 e. The average molecular weight is 398 g/mol. The summed E-state index contributed by atoms with van der Waals surface area (Å²) in [4.78, 5) is 47.4. The van der Waals surface area contributed by atoms with E-state index in [0.29, 0.717) is 23.6 Å². The summed E-state index contributed by atoms with van der Waals surface area (Å²) < 4.78 is 4.93. The Balaban J connectivity index is 2.65. The fourth-order valence-electron chi connectivity index (χ4n) is 2.13. The van der Waals surface area contributed by atoms with E-state index in [9.17, 15) is 19.2 Å². The molecule has 0 aliphatic heterocycles. The number of urea groups is 1. The second-order valence-corrected chi connectivity index (χ2v) is 6.61. The van der Waals surface area contributed by atoms with Gasteiger partial charge < -0.3 is 15.4 Å². The third-order valence-electron chi connectivity index (χ3n) is 3.34. The Morgan fingerprint density at radius 2 is 1.74 bits per heavy atom. The molecule has 0 unspecified atom stereocenters. The molecule has 0 radical (unpaired) electrons. The highest BCUT2D eigenvalue weighted by Gasteiger charge is 2.25. The van der Waals surface area contributed by atoms with Crippen molar-refractivity contribution >= 4 is 35.4 Å². The number of amides is 4. The number of imide groups is 1. The quantitative estimate of drug-likeness (QED) is 0.579. The summed E-state index contributed by atoms with van der Waals surface area (Å²) >= 11 is 5.80. The smallest absolute Gasteiger partial charge is 0.329 e. The second-order valence-electron chi connectivity index (χ2n) is 6.18. The number of benzene rings is 1. The van der Waals surface area contributed by atoms with Crippen LogP contribution in [-0.2, 0) is 14.3 Å². The highest BCUT2D eigenvalue weighted by atomic mass is 35.5. The molecule has 148 valence electrons. The number of halogens is 1. The summed E-state index contributed by atoms with van der Waals surface area (Å²) in [7, 11) is 0. The van der Waals surface area contributed by atoms with Gasteiger partial charge in [-0.1, -0.05) is 25.4 Å². The number of esters is 1. The number of hydrogen-bond acceptors (Lipinski definition) is 5. The summed E-state index contributed by atoms with van der Waals surface area (Å²) in [5.74, 6) is -1.88. The van der Waals surface area contributed by atoms with Gasteiger partial charge in [-0.25, -0.2) is 9.59 Å². The normalized spacial score (nSPS) is 11.4. The molecule has 1 atom stereocenters. The lowest BCUT2D eigenvalue weighted by molar-refractivity contribution is -0.150. The van der Waals surface area contributed by atoms with E-state index in [2.05, 4.69) is 10.6 Å². The third-order valence-corrected chi connectivity index (χ3v) is 3.59. The molecule has 1 aromatic rings. The third kappa shape index (κ3) is 8.54. The van der Waals surface area contributed by atoms with Crippen molar-refractivity contribution < 1.29 is 23.9 Å². The molecular weight excluding hydrogens is 374 g/mol. The second kappa shape index (κ2) is 11.2. The van der Waals surface area contributed by atoms with Crippen LogP contribution in [0, 0.1) is 5.92 Å². The lowest BCUT2D eigenvalue weighted by Gasteiger charge is -2.19. The molecule has 0 bridgehead atoms. The highest BCUT2D eigenvalue weighted by Crippen LogP contribution is 2.11. The van der Waals surface area contributed by atoms with E-state index in [1.54, 1.807) is 19.1 Å². The zero-order valence-electron chi connectivity index (χ0n) is 15.5. The van der Waals surface area contributed by atoms with Crippen LogP contribution in [0.2, 0.25) is 5.02 Å². The first-order chi connectivity index (χ1) is 12.7. The summed E-state index contributed by atoms with van der Waals surface area (Å²) in [5, 5.41) is 7.50. The molecule has 0 spiro atoms. The first-order valence-corrected chi connectivity index (χ1v) is 8.91. The fraction of sp³-hybridized carbons (Fsp3) is 0.444. The predicted octanol–water partition coefficient (Wildman–Crippen LogP) is 1.87. The first-order valence-electron chi connectivity index (χ1n) is 8.53. The molecule has 1 rings (SSSR count). The van der Waals surface area contributed by atoms with Crippen molar-refractivity contribution in [2.24, 2.45) is 5.92 Å². The van der Waals surface area contributed by atoms with Gasteiger partial charge >= 0.3 is 12.0 Å². The molecule has 8 nitrogen and oxygen atoms in total. The van der Waals surface area contributed by atoms with Crippen LogP contribution in [0.1, 0.15) is 37.6 Å². The molecule has 0 saturated heterocycles. The van der Waals surface area contributed by atoms with Gasteiger partial charge in [0.2, 0.25) is 0 Å². The van der Waals surface area contributed by atoms with Gasteiger partial charge in [0.25, 0.3) is 11.8 Å². The topological polar surface area (TPSA) is 114 Å². The van der Waals surface area contributed by atoms with Crippen LogP contribution in [0.3, 0.4) is 0 Å². The van der Waals surface area contributed by atoms with Crippen molar-refractivity contribution in [1.29, 1.82) is 0 Å². The van der Waals surface area contributed by atoms with Crippen LogP contribution < -0.4 is 16.0 Å². The molecule has 1 aromatic carbocycles. The Hall–Kier alpha value is -2.61. The minimum atomic E-state index is -0.926. The highest BCUT2D eigenvalue weighted by molar-refractivity contribution is 6.30. The lowest BCUT2D eigenvalue weighted by atomic mass is 10.0. The molecule has 27 heavy (non-hydrogen) atoms. The van der Waals surface area contributed by atoms with E-state index in [1.165, 1.54) is 12.1 Å². The summed E-state index contributed by atoms with van der Waals surface area (Å²) in [5.41, 5.74) is 0.343. The maximum Gasteiger partial charge on any atom is 0.329 e. The van der Waals surface area contributed by atoms with E-state index >= 15 is 0 Å². The zero-order valence-corrected chi connectivity index (χ0v) is 16.3. The van der Waals surface area contributed by atoms with E-state index in [-0.39, 0.29) is 5.92 Å². The molecule has 0 fully saturated rings. The van der Waals surface area contributed by atoms with E-state index in [1.807, 2.05) is 19.2 Å². The van der Waals surface area contributed by atoms with Crippen molar-refractivity contribution in [2.75, 3.05) is 13.2 Å². The van der Waals surface area contributed by atoms with E-state index in [0.717, 1.165) is 0 Å². The zero-order chi connectivity index (χ0) is 20.4. The molecule has 0 aliphatic rings. The van der Waals surface area contributed by atoms with Gasteiger partial charge in [0.05, 0.1) is 0 Å². The Bertz CT molecular complexity index is 676. The average Bonchev–Trinajstić information content (AvgIpc) is 2.59. The van der Waals surface area contributed by atoms with Crippen LogP contribution in [0.25, 0.3) is 0 Å². The number of rotatable bonds is 8. The van der Waals surface area contributed by atoms with Crippen molar-refractivity contribution in [3.8, 4) is 0 Å². The summed E-state index contributed by atoms with van der Waals surface area (Å²) in [6, 6.07) is 4.61. The molecule has 3 N–H and O–H groups in total. The molecule has 0 saturated carbocycles. The van der Waals surface area contributed by atoms with E-state index in [4.69, 9.17) is 16.3 Å². The van der Waals surface area contributed by atoms with Crippen LogP contribution >= 0.6 is 11.6 Å². The van der Waals surface area contributed by atoms with Crippen LogP contribution in [0.5, 0.6) is 0 Å². The standard InChI is InChI=1S/C18H24ClN3O5/c1-4-20-18(26)22-15(23)10-27-17(25)14(9-11(2)3)21-16(24)12-5-7-13(19)8-6-12/h5-8,11,14H,4,9-10H2,1-3H3,(H,21,24)(H2,20,22,23,26)/t14-/m1/s1. The van der Waals surface area contributed by atoms with Crippen molar-refractivity contribution in [1.82, 2.24) is 16.0 Å². The first kappa shape index (κ1) is 22.4. The molecular formula is C18H24ClN3O5. The van der Waals surface area contributed by atoms with Gasteiger partial charge in [-0.3, -0.25) is 14.9 Å². The Labute approximate surface area is 163 Å². The van der Waals surface area contributed by atoms with Crippen molar-refractivity contribution in [3.63, 3.8) is 0 Å².